The van der Waals surface area contributed by atoms with E-state index in [1.54, 1.807) is 12.7 Å². The van der Waals surface area contributed by atoms with Gasteiger partial charge in [0.15, 0.2) is 0 Å². The number of benzene rings is 1. The Balaban J connectivity index is 1.19. The van der Waals surface area contributed by atoms with Gasteiger partial charge in [0.2, 0.25) is 5.91 Å². The zero-order valence-electron chi connectivity index (χ0n) is 15.8. The Labute approximate surface area is 160 Å². The predicted octanol–water partition coefficient (Wildman–Crippen LogP) is 0.912. The van der Waals surface area contributed by atoms with E-state index in [4.69, 9.17) is 0 Å². The summed E-state index contributed by atoms with van der Waals surface area (Å²) in [6.07, 6.45) is 4.46. The summed E-state index contributed by atoms with van der Waals surface area (Å²) in [4.78, 5) is 23.4. The van der Waals surface area contributed by atoms with Gasteiger partial charge >= 0.3 is 0 Å². The van der Waals surface area contributed by atoms with E-state index in [0.717, 1.165) is 58.8 Å². The molecule has 27 heavy (non-hydrogen) atoms. The zero-order valence-corrected chi connectivity index (χ0v) is 15.8. The first-order valence-electron chi connectivity index (χ1n) is 9.88. The highest BCUT2D eigenvalue weighted by atomic mass is 16.2. The molecular formula is C20H28N6O. The highest BCUT2D eigenvalue weighted by Crippen LogP contribution is 2.26. The number of hydrogen-bond donors (Lipinski definition) is 0. The third-order valence-electron chi connectivity index (χ3n) is 5.74. The Morgan fingerprint density at radius 1 is 1.00 bits per heavy atom. The normalized spacial score (nSPS) is 21.6. The van der Waals surface area contributed by atoms with Crippen LogP contribution in [0.5, 0.6) is 0 Å². The van der Waals surface area contributed by atoms with Crippen molar-refractivity contribution >= 4 is 5.91 Å². The molecule has 2 fully saturated rings. The Hall–Kier alpha value is -2.25. The maximum absolute atomic E-state index is 12.7. The van der Waals surface area contributed by atoms with Gasteiger partial charge in [0.1, 0.15) is 12.7 Å². The average molecular weight is 368 g/mol. The minimum absolute atomic E-state index is 0.277. The molecule has 1 atom stereocenters. The Bertz CT molecular complexity index is 711. The predicted molar refractivity (Wildman–Crippen MR) is 103 cm³/mol. The summed E-state index contributed by atoms with van der Waals surface area (Å²) in [6.45, 7) is 7.90. The van der Waals surface area contributed by atoms with Gasteiger partial charge in [0, 0.05) is 39.3 Å². The van der Waals surface area contributed by atoms with Crippen LogP contribution in [0.3, 0.4) is 0 Å². The summed E-state index contributed by atoms with van der Waals surface area (Å²) in [7, 11) is 0. The molecule has 2 aromatic rings. The van der Waals surface area contributed by atoms with E-state index in [9.17, 15) is 4.79 Å². The van der Waals surface area contributed by atoms with Crippen molar-refractivity contribution in [2.45, 2.75) is 18.9 Å². The monoisotopic (exact) mass is 368 g/mol. The minimum Gasteiger partial charge on any atom is -0.339 e. The standard InChI is InChI=1S/C20H28N6O/c27-20(15-24-7-6-19(14-24)18-4-2-1-3-5-18)25-11-8-23(9-12-25)10-13-26-17-21-16-22-26/h1-5,16-17,19H,6-15H2/t19-/m1/s1. The van der Waals surface area contributed by atoms with Crippen LogP contribution in [0, 0.1) is 0 Å². The molecule has 0 unspecified atom stereocenters. The van der Waals surface area contributed by atoms with Crippen LogP contribution >= 0.6 is 0 Å². The second-order valence-electron chi connectivity index (χ2n) is 7.51. The van der Waals surface area contributed by atoms with Crippen LogP contribution in [0.2, 0.25) is 0 Å². The molecule has 4 rings (SSSR count). The number of carbonyl (C=O) groups is 1. The van der Waals surface area contributed by atoms with E-state index in [1.165, 1.54) is 5.56 Å². The first-order valence-corrected chi connectivity index (χ1v) is 9.88. The van der Waals surface area contributed by atoms with Crippen molar-refractivity contribution < 1.29 is 4.79 Å². The first kappa shape index (κ1) is 18.1. The molecule has 0 N–H and O–H groups in total. The van der Waals surface area contributed by atoms with Gasteiger partial charge in [0.25, 0.3) is 0 Å². The fraction of sp³-hybridized carbons (Fsp3) is 0.550. The summed E-state index contributed by atoms with van der Waals surface area (Å²) < 4.78 is 1.86. The van der Waals surface area contributed by atoms with Crippen LogP contribution in [0.25, 0.3) is 0 Å². The smallest absolute Gasteiger partial charge is 0.236 e. The van der Waals surface area contributed by atoms with Gasteiger partial charge in [0.05, 0.1) is 13.1 Å². The summed E-state index contributed by atoms with van der Waals surface area (Å²) >= 11 is 0. The Morgan fingerprint density at radius 3 is 2.56 bits per heavy atom. The number of piperazine rings is 1. The molecule has 2 aliphatic rings. The van der Waals surface area contributed by atoms with E-state index in [2.05, 4.69) is 50.2 Å². The molecule has 2 saturated heterocycles. The third kappa shape index (κ3) is 4.73. The van der Waals surface area contributed by atoms with Crippen molar-refractivity contribution in [3.05, 3.63) is 48.5 Å². The van der Waals surface area contributed by atoms with Gasteiger partial charge in [-0.1, -0.05) is 30.3 Å². The lowest BCUT2D eigenvalue weighted by Crippen LogP contribution is -2.51. The van der Waals surface area contributed by atoms with Gasteiger partial charge in [-0.05, 0) is 24.4 Å². The van der Waals surface area contributed by atoms with Crippen molar-refractivity contribution in [3.8, 4) is 0 Å². The van der Waals surface area contributed by atoms with Crippen LogP contribution in [0.15, 0.2) is 43.0 Å². The van der Waals surface area contributed by atoms with E-state index < -0.39 is 0 Å². The molecule has 144 valence electrons. The van der Waals surface area contributed by atoms with E-state index in [1.807, 2.05) is 9.58 Å². The highest BCUT2D eigenvalue weighted by molar-refractivity contribution is 5.78. The van der Waals surface area contributed by atoms with Crippen LogP contribution in [-0.2, 0) is 11.3 Å². The number of hydrogen-bond acceptors (Lipinski definition) is 5. The molecule has 0 radical (unpaired) electrons. The largest absolute Gasteiger partial charge is 0.339 e. The molecular weight excluding hydrogens is 340 g/mol. The van der Waals surface area contributed by atoms with Gasteiger partial charge in [-0.2, -0.15) is 5.10 Å². The number of carbonyl (C=O) groups excluding carboxylic acids is 1. The second-order valence-corrected chi connectivity index (χ2v) is 7.51. The van der Waals surface area contributed by atoms with Crippen molar-refractivity contribution in [2.75, 3.05) is 52.4 Å². The molecule has 0 bridgehead atoms. The maximum atomic E-state index is 12.7. The van der Waals surface area contributed by atoms with Gasteiger partial charge in [-0.3, -0.25) is 19.3 Å². The topological polar surface area (TPSA) is 57.5 Å². The number of nitrogens with zero attached hydrogens (tertiary/aromatic N) is 6. The lowest BCUT2D eigenvalue weighted by molar-refractivity contribution is -0.133. The quantitative estimate of drug-likeness (QED) is 0.759. The molecule has 3 heterocycles. The zero-order chi connectivity index (χ0) is 18.5. The Morgan fingerprint density at radius 2 is 1.81 bits per heavy atom. The lowest BCUT2D eigenvalue weighted by atomic mass is 9.99. The van der Waals surface area contributed by atoms with Crippen LogP contribution < -0.4 is 0 Å². The average Bonchev–Trinajstić information content (AvgIpc) is 3.39. The molecule has 0 aliphatic carbocycles. The van der Waals surface area contributed by atoms with E-state index in [-0.39, 0.29) is 5.91 Å². The molecule has 1 amide bonds. The van der Waals surface area contributed by atoms with Crippen LogP contribution in [-0.4, -0.2) is 87.7 Å². The summed E-state index contributed by atoms with van der Waals surface area (Å²) in [5.74, 6) is 0.840. The maximum Gasteiger partial charge on any atom is 0.236 e. The first-order chi connectivity index (χ1) is 13.3. The molecule has 1 aromatic carbocycles. The highest BCUT2D eigenvalue weighted by Gasteiger charge is 2.28. The molecule has 7 nitrogen and oxygen atoms in total. The van der Waals surface area contributed by atoms with Gasteiger partial charge < -0.3 is 4.90 Å². The number of rotatable bonds is 6. The number of likely N-dealkylation sites (tertiary alicyclic amines) is 1. The van der Waals surface area contributed by atoms with Crippen molar-refractivity contribution in [3.63, 3.8) is 0 Å². The van der Waals surface area contributed by atoms with E-state index >= 15 is 0 Å². The third-order valence-corrected chi connectivity index (χ3v) is 5.74. The minimum atomic E-state index is 0.277. The molecule has 2 aliphatic heterocycles. The molecule has 7 heteroatoms. The van der Waals surface area contributed by atoms with Crippen molar-refractivity contribution in [1.82, 2.24) is 29.5 Å². The fourth-order valence-electron chi connectivity index (χ4n) is 4.08. The second kappa shape index (κ2) is 8.63. The van der Waals surface area contributed by atoms with Gasteiger partial charge in [-0.15, -0.1) is 0 Å². The van der Waals surface area contributed by atoms with Crippen molar-refractivity contribution in [1.29, 1.82) is 0 Å². The molecule has 0 saturated carbocycles. The van der Waals surface area contributed by atoms with Gasteiger partial charge in [-0.25, -0.2) is 4.98 Å². The Kier molecular flexibility index (Phi) is 5.79. The van der Waals surface area contributed by atoms with Crippen LogP contribution in [0.1, 0.15) is 17.9 Å². The fourth-order valence-corrected chi connectivity index (χ4v) is 4.08. The summed E-state index contributed by atoms with van der Waals surface area (Å²) in [5, 5.41) is 4.14. The number of amides is 1. The molecule has 0 spiro atoms. The summed E-state index contributed by atoms with van der Waals surface area (Å²) in [5.41, 5.74) is 1.40. The summed E-state index contributed by atoms with van der Waals surface area (Å²) in [6, 6.07) is 10.7. The molecule has 1 aromatic heterocycles. The lowest BCUT2D eigenvalue weighted by Gasteiger charge is -2.35. The SMILES string of the molecule is O=C(CN1CC[C@@H](c2ccccc2)C1)N1CCN(CCn2cncn2)CC1. The van der Waals surface area contributed by atoms with Crippen LogP contribution in [0.4, 0.5) is 0 Å². The van der Waals surface area contributed by atoms with Crippen molar-refractivity contribution in [2.24, 2.45) is 0 Å². The van der Waals surface area contributed by atoms with E-state index in [0.29, 0.717) is 12.5 Å². The number of aromatic nitrogens is 3.